The summed E-state index contributed by atoms with van der Waals surface area (Å²) in [5, 5.41) is 11.7. The average Bonchev–Trinajstić information content (AvgIpc) is 3.04. The summed E-state index contributed by atoms with van der Waals surface area (Å²) in [6.45, 7) is 5.16. The van der Waals surface area contributed by atoms with Gasteiger partial charge < -0.3 is 14.8 Å². The first-order chi connectivity index (χ1) is 11.7. The van der Waals surface area contributed by atoms with Gasteiger partial charge in [-0.3, -0.25) is 4.40 Å². The van der Waals surface area contributed by atoms with Crippen molar-refractivity contribution in [2.45, 2.75) is 26.5 Å². The zero-order chi connectivity index (χ0) is 16.9. The molecule has 2 aromatic heterocycles. The molecule has 0 amide bonds. The smallest absolute Gasteiger partial charge is 0.161 e. The molecule has 3 aromatic rings. The molecule has 0 saturated carbocycles. The second kappa shape index (κ2) is 7.31. The predicted molar refractivity (Wildman–Crippen MR) is 92.4 cm³/mol. The molecule has 0 aliphatic rings. The van der Waals surface area contributed by atoms with Gasteiger partial charge in [-0.1, -0.05) is 0 Å². The van der Waals surface area contributed by atoms with Gasteiger partial charge in [0.15, 0.2) is 11.5 Å². The van der Waals surface area contributed by atoms with E-state index >= 15 is 0 Å². The Morgan fingerprint density at radius 3 is 2.46 bits per heavy atom. The number of hydrogen-bond acceptors (Lipinski definition) is 5. The van der Waals surface area contributed by atoms with Crippen molar-refractivity contribution >= 4 is 5.65 Å². The zero-order valence-corrected chi connectivity index (χ0v) is 14.2. The van der Waals surface area contributed by atoms with Crippen LogP contribution in [0.3, 0.4) is 0 Å². The first-order valence-corrected chi connectivity index (χ1v) is 8.07. The van der Waals surface area contributed by atoms with Gasteiger partial charge in [0.25, 0.3) is 0 Å². The molecule has 6 heteroatoms. The van der Waals surface area contributed by atoms with Crippen LogP contribution >= 0.6 is 0 Å². The third-order valence-corrected chi connectivity index (χ3v) is 3.86. The highest BCUT2D eigenvalue weighted by Gasteiger charge is 2.11. The number of aromatic nitrogens is 3. The third kappa shape index (κ3) is 3.49. The summed E-state index contributed by atoms with van der Waals surface area (Å²) in [6.07, 6.45) is 1.98. The number of nitrogens with one attached hydrogen (secondary N) is 1. The van der Waals surface area contributed by atoms with Gasteiger partial charge in [0.05, 0.1) is 12.6 Å². The van der Waals surface area contributed by atoms with Crippen molar-refractivity contribution in [3.8, 4) is 11.5 Å². The molecule has 1 N–H and O–H groups in total. The molecule has 0 saturated heterocycles. The van der Waals surface area contributed by atoms with Gasteiger partial charge in [-0.05, 0) is 62.9 Å². The maximum Gasteiger partial charge on any atom is 0.161 e. The van der Waals surface area contributed by atoms with Crippen LogP contribution in [0.1, 0.15) is 31.3 Å². The Balaban J connectivity index is 1.69. The van der Waals surface area contributed by atoms with E-state index in [4.69, 9.17) is 9.47 Å². The highest BCUT2D eigenvalue weighted by atomic mass is 16.5. The fourth-order valence-electron chi connectivity index (χ4n) is 2.43. The van der Waals surface area contributed by atoms with Gasteiger partial charge in [0.1, 0.15) is 18.1 Å². The number of fused-ring (bicyclic) bond motifs is 1. The Morgan fingerprint density at radius 2 is 1.79 bits per heavy atom. The minimum Gasteiger partial charge on any atom is -0.494 e. The molecular weight excluding hydrogens is 304 g/mol. The first kappa shape index (κ1) is 16.3. The number of pyridine rings is 1. The lowest BCUT2D eigenvalue weighted by Crippen LogP contribution is -2.15. The number of rotatable bonds is 7. The van der Waals surface area contributed by atoms with Crippen molar-refractivity contribution in [1.29, 1.82) is 0 Å². The van der Waals surface area contributed by atoms with Crippen LogP contribution in [0.25, 0.3) is 5.65 Å². The molecular formula is C18H22N4O2. The van der Waals surface area contributed by atoms with Crippen LogP contribution in [0.2, 0.25) is 0 Å². The molecule has 1 atom stereocenters. The van der Waals surface area contributed by atoms with Gasteiger partial charge in [-0.25, -0.2) is 0 Å². The maximum atomic E-state index is 5.82. The lowest BCUT2D eigenvalue weighted by molar-refractivity contribution is 0.304. The Kier molecular flexibility index (Phi) is 4.96. The Bertz CT molecular complexity index is 798. The lowest BCUT2D eigenvalue weighted by Gasteiger charge is -2.09. The number of benzene rings is 1. The zero-order valence-electron chi connectivity index (χ0n) is 14.2. The van der Waals surface area contributed by atoms with Crippen LogP contribution in [0.4, 0.5) is 0 Å². The van der Waals surface area contributed by atoms with Crippen LogP contribution < -0.4 is 14.8 Å². The summed E-state index contributed by atoms with van der Waals surface area (Å²) < 4.78 is 13.2. The molecule has 0 spiro atoms. The van der Waals surface area contributed by atoms with Gasteiger partial charge in [-0.2, -0.15) is 0 Å². The maximum absolute atomic E-state index is 5.82. The van der Waals surface area contributed by atoms with Crippen LogP contribution in [-0.2, 0) is 6.61 Å². The van der Waals surface area contributed by atoms with E-state index in [9.17, 15) is 0 Å². The van der Waals surface area contributed by atoms with Crippen molar-refractivity contribution in [2.75, 3.05) is 13.7 Å². The molecule has 2 heterocycles. The SMILES string of the molecule is CCOc1ccc(OCc2ccn3c(C(C)NC)nnc3c2)cc1. The number of ether oxygens (including phenoxy) is 2. The van der Waals surface area contributed by atoms with Crippen LogP contribution in [0.15, 0.2) is 42.6 Å². The summed E-state index contributed by atoms with van der Waals surface area (Å²) in [6, 6.07) is 11.8. The second-order valence-electron chi connectivity index (χ2n) is 5.52. The van der Waals surface area contributed by atoms with Gasteiger partial charge in [0.2, 0.25) is 0 Å². The quantitative estimate of drug-likeness (QED) is 0.723. The monoisotopic (exact) mass is 326 g/mol. The molecule has 126 valence electrons. The van der Waals surface area contributed by atoms with E-state index in [0.29, 0.717) is 13.2 Å². The summed E-state index contributed by atoms with van der Waals surface area (Å²) in [4.78, 5) is 0. The van der Waals surface area contributed by atoms with Crippen molar-refractivity contribution in [2.24, 2.45) is 0 Å². The number of nitrogens with zero attached hydrogens (tertiary/aromatic N) is 3. The molecule has 1 unspecified atom stereocenters. The highest BCUT2D eigenvalue weighted by Crippen LogP contribution is 2.19. The molecule has 0 fully saturated rings. The first-order valence-electron chi connectivity index (χ1n) is 8.07. The van der Waals surface area contributed by atoms with Crippen LogP contribution in [-0.4, -0.2) is 28.3 Å². The van der Waals surface area contributed by atoms with E-state index in [1.807, 2.05) is 61.0 Å². The van der Waals surface area contributed by atoms with Crippen molar-refractivity contribution in [3.05, 3.63) is 54.0 Å². The Labute approximate surface area is 141 Å². The summed E-state index contributed by atoms with van der Waals surface area (Å²) >= 11 is 0. The molecule has 3 rings (SSSR count). The van der Waals surface area contributed by atoms with Gasteiger partial charge in [0, 0.05) is 6.20 Å². The Hall–Kier alpha value is -2.60. The lowest BCUT2D eigenvalue weighted by atomic mass is 10.2. The average molecular weight is 326 g/mol. The molecule has 0 aliphatic heterocycles. The summed E-state index contributed by atoms with van der Waals surface area (Å²) in [7, 11) is 1.91. The van der Waals surface area contributed by atoms with E-state index in [0.717, 1.165) is 28.5 Å². The normalized spacial score (nSPS) is 12.3. The van der Waals surface area contributed by atoms with Gasteiger partial charge >= 0.3 is 0 Å². The molecule has 6 nitrogen and oxygen atoms in total. The molecule has 0 aliphatic carbocycles. The third-order valence-electron chi connectivity index (χ3n) is 3.86. The second-order valence-corrected chi connectivity index (χ2v) is 5.52. The Morgan fingerprint density at radius 1 is 1.08 bits per heavy atom. The van der Waals surface area contributed by atoms with Crippen LogP contribution in [0.5, 0.6) is 11.5 Å². The number of hydrogen-bond donors (Lipinski definition) is 1. The van der Waals surface area contributed by atoms with E-state index in [1.54, 1.807) is 0 Å². The standard InChI is InChI=1S/C18H22N4O2/c1-4-23-15-5-7-16(8-6-15)24-12-14-9-10-22-17(11-14)20-21-18(22)13(2)19-3/h5-11,13,19H,4,12H2,1-3H3. The van der Waals surface area contributed by atoms with E-state index in [-0.39, 0.29) is 6.04 Å². The van der Waals surface area contributed by atoms with Crippen LogP contribution in [0, 0.1) is 0 Å². The van der Waals surface area contributed by atoms with Gasteiger partial charge in [-0.15, -0.1) is 10.2 Å². The largest absolute Gasteiger partial charge is 0.494 e. The van der Waals surface area contributed by atoms with Crippen molar-refractivity contribution in [1.82, 2.24) is 19.9 Å². The molecule has 0 radical (unpaired) electrons. The highest BCUT2D eigenvalue weighted by molar-refractivity contribution is 5.41. The predicted octanol–water partition coefficient (Wildman–Crippen LogP) is 2.99. The molecule has 0 bridgehead atoms. The fourth-order valence-corrected chi connectivity index (χ4v) is 2.43. The van der Waals surface area contributed by atoms with Crippen molar-refractivity contribution in [3.63, 3.8) is 0 Å². The fraction of sp³-hybridized carbons (Fsp3) is 0.333. The minimum absolute atomic E-state index is 0.144. The summed E-state index contributed by atoms with van der Waals surface area (Å²) in [5.74, 6) is 2.55. The topological polar surface area (TPSA) is 60.7 Å². The van der Waals surface area contributed by atoms with E-state index < -0.39 is 0 Å². The molecule has 1 aromatic carbocycles. The van der Waals surface area contributed by atoms with Crippen molar-refractivity contribution < 1.29 is 9.47 Å². The minimum atomic E-state index is 0.144. The van der Waals surface area contributed by atoms with E-state index in [2.05, 4.69) is 22.4 Å². The van der Waals surface area contributed by atoms with E-state index in [1.165, 1.54) is 0 Å². The summed E-state index contributed by atoms with van der Waals surface area (Å²) in [5.41, 5.74) is 1.87. The molecule has 24 heavy (non-hydrogen) atoms.